The average molecular weight is 255 g/mol. The fourth-order valence-corrected chi connectivity index (χ4v) is 1.51. The van der Waals surface area contributed by atoms with Gasteiger partial charge in [-0.25, -0.2) is 0 Å². The Kier molecular flexibility index (Phi) is 4.91. The highest BCUT2D eigenvalue weighted by atomic mass is 79.9. The third-order valence-electron chi connectivity index (χ3n) is 1.83. The monoisotopic (exact) mass is 254 g/mol. The summed E-state index contributed by atoms with van der Waals surface area (Å²) >= 11 is 3.42. The summed E-state index contributed by atoms with van der Waals surface area (Å²) in [5.41, 5.74) is 2.36. The van der Waals surface area contributed by atoms with E-state index in [-0.39, 0.29) is 0 Å². The molecule has 0 fully saturated rings. The van der Waals surface area contributed by atoms with E-state index in [4.69, 9.17) is 4.74 Å². The van der Waals surface area contributed by atoms with E-state index < -0.39 is 0 Å². The van der Waals surface area contributed by atoms with Crippen LogP contribution in [0.15, 0.2) is 40.9 Å². The lowest BCUT2D eigenvalue weighted by Crippen LogP contribution is -1.95. The molecular weight excluding hydrogens is 240 g/mol. The third kappa shape index (κ3) is 4.58. The Labute approximate surface area is 93.9 Å². The average Bonchev–Trinajstić information content (AvgIpc) is 2.12. The van der Waals surface area contributed by atoms with Gasteiger partial charge < -0.3 is 4.74 Å². The van der Waals surface area contributed by atoms with E-state index in [0.717, 1.165) is 17.5 Å². The van der Waals surface area contributed by atoms with Crippen molar-refractivity contribution in [2.75, 3.05) is 6.61 Å². The van der Waals surface area contributed by atoms with Crippen molar-refractivity contribution in [3.8, 4) is 0 Å². The van der Waals surface area contributed by atoms with Gasteiger partial charge in [-0.05, 0) is 31.0 Å². The van der Waals surface area contributed by atoms with Crippen molar-refractivity contribution >= 4 is 15.9 Å². The van der Waals surface area contributed by atoms with Gasteiger partial charge in [0.15, 0.2) is 0 Å². The first-order chi connectivity index (χ1) is 6.68. The fourth-order valence-electron chi connectivity index (χ4n) is 1.06. The molecule has 0 heterocycles. The largest absolute Gasteiger partial charge is 0.376 e. The predicted octanol–water partition coefficient (Wildman–Crippen LogP) is 3.93. The molecule has 0 atom stereocenters. The second kappa shape index (κ2) is 5.99. The molecule has 1 nitrogen and oxygen atoms in total. The van der Waals surface area contributed by atoms with Crippen molar-refractivity contribution in [2.45, 2.75) is 20.0 Å². The lowest BCUT2D eigenvalue weighted by Gasteiger charge is -2.04. The third-order valence-corrected chi connectivity index (χ3v) is 2.32. The first kappa shape index (κ1) is 11.5. The first-order valence-corrected chi connectivity index (χ1v) is 5.44. The van der Waals surface area contributed by atoms with E-state index in [0.29, 0.717) is 6.61 Å². The Balaban J connectivity index is 2.28. The highest BCUT2D eigenvalue weighted by Crippen LogP contribution is 2.12. The minimum Gasteiger partial charge on any atom is -0.376 e. The van der Waals surface area contributed by atoms with Crippen molar-refractivity contribution in [3.63, 3.8) is 0 Å². The van der Waals surface area contributed by atoms with E-state index in [9.17, 15) is 0 Å². The van der Waals surface area contributed by atoms with Crippen molar-refractivity contribution in [1.29, 1.82) is 0 Å². The van der Waals surface area contributed by atoms with Crippen LogP contribution in [0, 0.1) is 0 Å². The second-order valence-electron chi connectivity index (χ2n) is 3.39. The number of hydrogen-bond donors (Lipinski definition) is 0. The van der Waals surface area contributed by atoms with Crippen LogP contribution in [-0.2, 0) is 11.3 Å². The van der Waals surface area contributed by atoms with Gasteiger partial charge in [-0.3, -0.25) is 0 Å². The van der Waals surface area contributed by atoms with Gasteiger partial charge >= 0.3 is 0 Å². The van der Waals surface area contributed by atoms with Crippen LogP contribution in [-0.4, -0.2) is 6.61 Å². The Bertz CT molecular complexity index is 307. The number of benzene rings is 1. The van der Waals surface area contributed by atoms with Gasteiger partial charge in [-0.1, -0.05) is 33.6 Å². The Morgan fingerprint density at radius 2 is 2.29 bits per heavy atom. The van der Waals surface area contributed by atoms with Gasteiger partial charge in [0.05, 0.1) is 13.2 Å². The van der Waals surface area contributed by atoms with Gasteiger partial charge in [-0.15, -0.1) is 6.58 Å². The van der Waals surface area contributed by atoms with Crippen LogP contribution in [0.25, 0.3) is 0 Å². The number of ether oxygens (including phenoxy) is 1. The molecule has 0 unspecified atom stereocenters. The van der Waals surface area contributed by atoms with Crippen LogP contribution in [0.3, 0.4) is 0 Å². The molecule has 0 aliphatic heterocycles. The molecule has 1 aromatic carbocycles. The summed E-state index contributed by atoms with van der Waals surface area (Å²) in [6.07, 6.45) is 0.938. The molecule has 0 aliphatic rings. The molecule has 0 saturated heterocycles. The second-order valence-corrected chi connectivity index (χ2v) is 4.31. The lowest BCUT2D eigenvalue weighted by atomic mass is 10.2. The molecule has 0 bridgehead atoms. The number of halogens is 1. The first-order valence-electron chi connectivity index (χ1n) is 4.65. The summed E-state index contributed by atoms with van der Waals surface area (Å²) < 4.78 is 6.60. The standard InChI is InChI=1S/C12H15BrO/c1-10(2)6-7-14-9-11-4-3-5-12(13)8-11/h3-5,8H,1,6-7,9H2,2H3. The van der Waals surface area contributed by atoms with Gasteiger partial charge in [0.1, 0.15) is 0 Å². The molecule has 0 spiro atoms. The lowest BCUT2D eigenvalue weighted by molar-refractivity contribution is 0.124. The summed E-state index contributed by atoms with van der Waals surface area (Å²) in [6, 6.07) is 8.16. The summed E-state index contributed by atoms with van der Waals surface area (Å²) in [7, 11) is 0. The smallest absolute Gasteiger partial charge is 0.0717 e. The normalized spacial score (nSPS) is 10.1. The van der Waals surface area contributed by atoms with Crippen LogP contribution >= 0.6 is 15.9 Å². The van der Waals surface area contributed by atoms with E-state index >= 15 is 0 Å². The van der Waals surface area contributed by atoms with Crippen LogP contribution in [0.2, 0.25) is 0 Å². The zero-order valence-corrected chi connectivity index (χ0v) is 10.0. The van der Waals surface area contributed by atoms with E-state index in [2.05, 4.69) is 34.6 Å². The molecule has 0 amide bonds. The molecule has 0 N–H and O–H groups in total. The molecular formula is C12H15BrO. The topological polar surface area (TPSA) is 9.23 Å². The maximum Gasteiger partial charge on any atom is 0.0717 e. The van der Waals surface area contributed by atoms with E-state index in [1.54, 1.807) is 0 Å². The van der Waals surface area contributed by atoms with Crippen molar-refractivity contribution in [1.82, 2.24) is 0 Å². The van der Waals surface area contributed by atoms with Crippen LogP contribution < -0.4 is 0 Å². The maximum atomic E-state index is 5.50. The quantitative estimate of drug-likeness (QED) is 0.572. The van der Waals surface area contributed by atoms with Gasteiger partial charge in [-0.2, -0.15) is 0 Å². The van der Waals surface area contributed by atoms with Crippen LogP contribution in [0.4, 0.5) is 0 Å². The Hall–Kier alpha value is -0.600. The Morgan fingerprint density at radius 3 is 2.93 bits per heavy atom. The minimum atomic E-state index is 0.673. The van der Waals surface area contributed by atoms with Crippen molar-refractivity contribution in [2.24, 2.45) is 0 Å². The fraction of sp³-hybridized carbons (Fsp3) is 0.333. The molecule has 0 radical (unpaired) electrons. The van der Waals surface area contributed by atoms with Gasteiger partial charge in [0.25, 0.3) is 0 Å². The molecule has 14 heavy (non-hydrogen) atoms. The minimum absolute atomic E-state index is 0.673. The predicted molar refractivity (Wildman–Crippen MR) is 63.2 cm³/mol. The van der Waals surface area contributed by atoms with E-state index in [1.807, 2.05) is 19.1 Å². The zero-order valence-electron chi connectivity index (χ0n) is 8.42. The van der Waals surface area contributed by atoms with Crippen molar-refractivity contribution < 1.29 is 4.74 Å². The number of hydrogen-bond acceptors (Lipinski definition) is 1. The molecule has 76 valence electrons. The molecule has 1 aromatic rings. The summed E-state index contributed by atoms with van der Waals surface area (Å²) in [5.74, 6) is 0. The summed E-state index contributed by atoms with van der Waals surface area (Å²) in [4.78, 5) is 0. The molecule has 2 heteroatoms. The van der Waals surface area contributed by atoms with E-state index in [1.165, 1.54) is 11.1 Å². The van der Waals surface area contributed by atoms with Crippen LogP contribution in [0.5, 0.6) is 0 Å². The molecule has 0 aromatic heterocycles. The highest BCUT2D eigenvalue weighted by molar-refractivity contribution is 9.10. The zero-order chi connectivity index (χ0) is 10.4. The van der Waals surface area contributed by atoms with Crippen molar-refractivity contribution in [3.05, 3.63) is 46.5 Å². The van der Waals surface area contributed by atoms with Crippen LogP contribution in [0.1, 0.15) is 18.9 Å². The maximum absolute atomic E-state index is 5.50. The number of rotatable bonds is 5. The van der Waals surface area contributed by atoms with Gasteiger partial charge in [0.2, 0.25) is 0 Å². The summed E-state index contributed by atoms with van der Waals surface area (Å²) in [6.45, 7) is 7.27. The SMILES string of the molecule is C=C(C)CCOCc1cccc(Br)c1. The highest BCUT2D eigenvalue weighted by Gasteiger charge is 1.94. The van der Waals surface area contributed by atoms with Gasteiger partial charge in [0, 0.05) is 4.47 Å². The molecule has 1 rings (SSSR count). The summed E-state index contributed by atoms with van der Waals surface area (Å²) in [5, 5.41) is 0. The Morgan fingerprint density at radius 1 is 1.50 bits per heavy atom. The molecule has 0 aliphatic carbocycles. The molecule has 0 saturated carbocycles.